The fraction of sp³-hybridized carbons (Fsp3) is 0.273. The topological polar surface area (TPSA) is 62.6 Å². The van der Waals surface area contributed by atoms with Gasteiger partial charge in [0.1, 0.15) is 5.58 Å². The van der Waals surface area contributed by atoms with Crippen LogP contribution in [0.1, 0.15) is 23.7 Å². The van der Waals surface area contributed by atoms with Crippen LogP contribution in [0.3, 0.4) is 0 Å². The standard InChI is InChI=1S/C22H24N2O3/c1-4-18(24(2)3)14-23-21(25)17-10-7-9-15(12-17)19-13-16-8-5-6-11-20(16)27-22(19)26/h5-13,18H,4,14H2,1-3H3,(H,23,25). The van der Waals surface area contributed by atoms with Crippen LogP contribution in [0.15, 0.2) is 63.8 Å². The van der Waals surface area contributed by atoms with E-state index in [9.17, 15) is 9.59 Å². The van der Waals surface area contributed by atoms with Crippen LogP contribution in [-0.2, 0) is 0 Å². The quantitative estimate of drug-likeness (QED) is 0.680. The molecule has 5 nitrogen and oxygen atoms in total. The first-order valence-corrected chi connectivity index (χ1v) is 9.07. The molecule has 0 saturated heterocycles. The number of carbonyl (C=O) groups excluding carboxylic acids is 1. The van der Waals surface area contributed by atoms with E-state index in [1.165, 1.54) is 0 Å². The average molecular weight is 364 g/mol. The van der Waals surface area contributed by atoms with E-state index in [1.54, 1.807) is 30.3 Å². The van der Waals surface area contributed by atoms with Gasteiger partial charge in [0.15, 0.2) is 0 Å². The second-order valence-corrected chi connectivity index (χ2v) is 6.80. The second kappa shape index (κ2) is 8.18. The van der Waals surface area contributed by atoms with Crippen LogP contribution in [0.2, 0.25) is 0 Å². The molecule has 140 valence electrons. The Kier molecular flexibility index (Phi) is 5.72. The lowest BCUT2D eigenvalue weighted by molar-refractivity contribution is 0.0941. The smallest absolute Gasteiger partial charge is 0.344 e. The number of hydrogen-bond acceptors (Lipinski definition) is 4. The van der Waals surface area contributed by atoms with Crippen LogP contribution >= 0.6 is 0 Å². The van der Waals surface area contributed by atoms with Gasteiger partial charge < -0.3 is 14.6 Å². The van der Waals surface area contributed by atoms with Crippen LogP contribution in [0, 0.1) is 0 Å². The summed E-state index contributed by atoms with van der Waals surface area (Å²) in [7, 11) is 4.00. The third-order valence-electron chi connectivity index (χ3n) is 4.78. The minimum absolute atomic E-state index is 0.151. The van der Waals surface area contributed by atoms with E-state index in [2.05, 4.69) is 17.1 Å². The summed E-state index contributed by atoms with van der Waals surface area (Å²) in [6.07, 6.45) is 0.950. The Bertz CT molecular complexity index is 1010. The van der Waals surface area contributed by atoms with Gasteiger partial charge >= 0.3 is 5.63 Å². The lowest BCUT2D eigenvalue weighted by Gasteiger charge is -2.23. The highest BCUT2D eigenvalue weighted by atomic mass is 16.4. The van der Waals surface area contributed by atoms with Gasteiger partial charge in [0, 0.05) is 23.5 Å². The molecule has 3 aromatic rings. The molecule has 3 rings (SSSR count). The van der Waals surface area contributed by atoms with Crippen molar-refractivity contribution in [2.24, 2.45) is 0 Å². The maximum atomic E-state index is 12.5. The van der Waals surface area contributed by atoms with Gasteiger partial charge in [-0.2, -0.15) is 0 Å². The molecule has 0 aliphatic carbocycles. The Morgan fingerprint density at radius 3 is 2.63 bits per heavy atom. The first-order chi connectivity index (χ1) is 13.0. The van der Waals surface area contributed by atoms with Gasteiger partial charge in [0.2, 0.25) is 0 Å². The predicted molar refractivity (Wildman–Crippen MR) is 108 cm³/mol. The molecule has 0 radical (unpaired) electrons. The highest BCUT2D eigenvalue weighted by molar-refractivity contribution is 5.95. The summed E-state index contributed by atoms with van der Waals surface area (Å²) in [4.78, 5) is 27.0. The van der Waals surface area contributed by atoms with Gasteiger partial charge in [-0.1, -0.05) is 37.3 Å². The van der Waals surface area contributed by atoms with Crippen LogP contribution in [0.4, 0.5) is 0 Å². The van der Waals surface area contributed by atoms with Crippen molar-refractivity contribution in [3.05, 3.63) is 70.6 Å². The van der Waals surface area contributed by atoms with Crippen LogP contribution in [-0.4, -0.2) is 37.5 Å². The minimum atomic E-state index is -0.412. The zero-order valence-electron chi connectivity index (χ0n) is 15.9. The van der Waals surface area contributed by atoms with Crippen molar-refractivity contribution in [3.8, 4) is 11.1 Å². The molecule has 1 N–H and O–H groups in total. The minimum Gasteiger partial charge on any atom is -0.422 e. The Hall–Kier alpha value is -2.92. The van der Waals surface area contributed by atoms with Gasteiger partial charge in [-0.15, -0.1) is 0 Å². The molecule has 1 heterocycles. The first kappa shape index (κ1) is 18.9. The van der Waals surface area contributed by atoms with E-state index in [1.807, 2.05) is 38.4 Å². The number of rotatable bonds is 6. The van der Waals surface area contributed by atoms with Gasteiger partial charge in [-0.05, 0) is 50.3 Å². The van der Waals surface area contributed by atoms with Crippen molar-refractivity contribution < 1.29 is 9.21 Å². The number of likely N-dealkylation sites (N-methyl/N-ethyl adjacent to an activating group) is 1. The Balaban J connectivity index is 1.86. The number of hydrogen-bond donors (Lipinski definition) is 1. The van der Waals surface area contributed by atoms with Gasteiger partial charge in [-0.25, -0.2) is 4.79 Å². The summed E-state index contributed by atoms with van der Waals surface area (Å²) in [6.45, 7) is 2.67. The molecule has 0 spiro atoms. The van der Waals surface area contributed by atoms with Crippen molar-refractivity contribution >= 4 is 16.9 Å². The van der Waals surface area contributed by atoms with E-state index in [0.717, 1.165) is 11.8 Å². The molecular formula is C22H24N2O3. The fourth-order valence-corrected chi connectivity index (χ4v) is 3.10. The highest BCUT2D eigenvalue weighted by Crippen LogP contribution is 2.22. The second-order valence-electron chi connectivity index (χ2n) is 6.80. The van der Waals surface area contributed by atoms with E-state index in [4.69, 9.17) is 4.42 Å². The number of benzene rings is 2. The molecule has 27 heavy (non-hydrogen) atoms. The molecular weight excluding hydrogens is 340 g/mol. The van der Waals surface area contributed by atoms with Gasteiger partial charge in [0.05, 0.1) is 5.56 Å². The first-order valence-electron chi connectivity index (χ1n) is 9.07. The molecule has 1 aromatic heterocycles. The number of carbonyl (C=O) groups is 1. The number of nitrogens with one attached hydrogen (secondary N) is 1. The van der Waals surface area contributed by atoms with Crippen molar-refractivity contribution in [2.75, 3.05) is 20.6 Å². The molecule has 0 bridgehead atoms. The summed E-state index contributed by atoms with van der Waals surface area (Å²) in [5, 5.41) is 3.82. The molecule has 1 amide bonds. The molecule has 1 unspecified atom stereocenters. The number of nitrogens with zero attached hydrogens (tertiary/aromatic N) is 1. The Labute approximate surface area is 158 Å². The number of amides is 1. The van der Waals surface area contributed by atoms with Gasteiger partial charge in [0.25, 0.3) is 5.91 Å². The van der Waals surface area contributed by atoms with Crippen LogP contribution < -0.4 is 10.9 Å². The number of fused-ring (bicyclic) bond motifs is 1. The molecule has 2 aromatic carbocycles. The monoisotopic (exact) mass is 364 g/mol. The van der Waals surface area contributed by atoms with Crippen LogP contribution in [0.25, 0.3) is 22.1 Å². The molecule has 0 fully saturated rings. The predicted octanol–water partition coefficient (Wildman–Crippen LogP) is 3.53. The summed E-state index contributed by atoms with van der Waals surface area (Å²) >= 11 is 0. The maximum absolute atomic E-state index is 12.5. The third-order valence-corrected chi connectivity index (χ3v) is 4.78. The third kappa shape index (κ3) is 4.26. The van der Waals surface area contributed by atoms with E-state index < -0.39 is 5.63 Å². The highest BCUT2D eigenvalue weighted by Gasteiger charge is 2.14. The van der Waals surface area contributed by atoms with Crippen molar-refractivity contribution in [1.82, 2.24) is 10.2 Å². The van der Waals surface area contributed by atoms with Gasteiger partial charge in [-0.3, -0.25) is 4.79 Å². The van der Waals surface area contributed by atoms with E-state index >= 15 is 0 Å². The Morgan fingerprint density at radius 2 is 1.89 bits per heavy atom. The summed E-state index contributed by atoms with van der Waals surface area (Å²) < 4.78 is 5.41. The molecule has 0 saturated carbocycles. The van der Waals surface area contributed by atoms with Crippen molar-refractivity contribution in [1.29, 1.82) is 0 Å². The zero-order valence-corrected chi connectivity index (χ0v) is 15.9. The lowest BCUT2D eigenvalue weighted by Crippen LogP contribution is -2.39. The molecule has 5 heteroatoms. The van der Waals surface area contributed by atoms with E-state index in [0.29, 0.717) is 28.8 Å². The molecule has 0 aliphatic rings. The van der Waals surface area contributed by atoms with Crippen LogP contribution in [0.5, 0.6) is 0 Å². The lowest BCUT2D eigenvalue weighted by atomic mass is 10.0. The molecule has 0 aliphatic heterocycles. The van der Waals surface area contributed by atoms with Crippen molar-refractivity contribution in [3.63, 3.8) is 0 Å². The summed E-state index contributed by atoms with van der Waals surface area (Å²) in [5.74, 6) is -0.151. The largest absolute Gasteiger partial charge is 0.422 e. The molecule has 1 atom stereocenters. The summed E-state index contributed by atoms with van der Waals surface area (Å²) in [6, 6.07) is 16.5. The Morgan fingerprint density at radius 1 is 1.11 bits per heavy atom. The normalized spacial score (nSPS) is 12.3. The summed E-state index contributed by atoms with van der Waals surface area (Å²) in [5.41, 5.74) is 1.78. The average Bonchev–Trinajstić information content (AvgIpc) is 2.67. The zero-order chi connectivity index (χ0) is 19.4. The number of para-hydroxylation sites is 1. The fourth-order valence-electron chi connectivity index (χ4n) is 3.10. The maximum Gasteiger partial charge on any atom is 0.344 e. The SMILES string of the molecule is CCC(CNC(=O)c1cccc(-c2cc3ccccc3oc2=O)c1)N(C)C. The van der Waals surface area contributed by atoms with Crippen molar-refractivity contribution in [2.45, 2.75) is 19.4 Å². The van der Waals surface area contributed by atoms with E-state index in [-0.39, 0.29) is 11.9 Å².